The van der Waals surface area contributed by atoms with Crippen molar-refractivity contribution in [2.45, 2.75) is 20.3 Å². The zero-order chi connectivity index (χ0) is 12.3. The first kappa shape index (κ1) is 13.4. The molecule has 0 aromatic rings. The third kappa shape index (κ3) is 3.43. The fraction of sp³-hybridized carbons (Fsp3) is 0.889. The van der Waals surface area contributed by atoms with Crippen LogP contribution in [0.1, 0.15) is 20.3 Å². The Labute approximate surface area is 95.8 Å². The molecule has 6 nitrogen and oxygen atoms in total. The van der Waals surface area contributed by atoms with Crippen LogP contribution in [0, 0.1) is 11.8 Å². The second-order valence-corrected chi connectivity index (χ2v) is 6.18. The van der Waals surface area contributed by atoms with Gasteiger partial charge < -0.3 is 5.11 Å². The summed E-state index contributed by atoms with van der Waals surface area (Å²) in [5.74, 6) is -1.27. The molecule has 0 amide bonds. The van der Waals surface area contributed by atoms with E-state index in [9.17, 15) is 13.2 Å². The molecule has 0 aromatic heterocycles. The molecule has 1 fully saturated rings. The van der Waals surface area contributed by atoms with Gasteiger partial charge in [-0.2, -0.15) is 12.7 Å². The minimum absolute atomic E-state index is 0.0722. The van der Waals surface area contributed by atoms with Crippen LogP contribution in [0.15, 0.2) is 0 Å². The average Bonchev–Trinajstić information content (AvgIpc) is 2.64. The molecule has 2 N–H and O–H groups in total. The molecule has 0 bridgehead atoms. The van der Waals surface area contributed by atoms with Crippen LogP contribution in [0.4, 0.5) is 0 Å². The highest BCUT2D eigenvalue weighted by Crippen LogP contribution is 2.18. The van der Waals surface area contributed by atoms with Crippen LogP contribution in [0.2, 0.25) is 0 Å². The van der Waals surface area contributed by atoms with Crippen molar-refractivity contribution in [3.8, 4) is 0 Å². The highest BCUT2D eigenvalue weighted by molar-refractivity contribution is 7.87. The summed E-state index contributed by atoms with van der Waals surface area (Å²) in [5.41, 5.74) is 0. The van der Waals surface area contributed by atoms with E-state index in [1.54, 1.807) is 0 Å². The molecule has 1 unspecified atom stereocenters. The molecule has 0 radical (unpaired) electrons. The molecule has 0 spiro atoms. The lowest BCUT2D eigenvalue weighted by atomic mass is 10.1. The number of hydrogen-bond donors (Lipinski definition) is 2. The zero-order valence-corrected chi connectivity index (χ0v) is 10.3. The number of carboxylic acid groups (broad SMARTS) is 1. The van der Waals surface area contributed by atoms with E-state index >= 15 is 0 Å². The number of rotatable bonds is 5. The second kappa shape index (κ2) is 5.11. The molecule has 1 aliphatic rings. The fourth-order valence-electron chi connectivity index (χ4n) is 1.51. The van der Waals surface area contributed by atoms with E-state index in [1.807, 2.05) is 13.8 Å². The minimum Gasteiger partial charge on any atom is -0.481 e. The van der Waals surface area contributed by atoms with E-state index in [2.05, 4.69) is 4.72 Å². The Morgan fingerprint density at radius 2 is 2.19 bits per heavy atom. The molecule has 0 aliphatic carbocycles. The quantitative estimate of drug-likeness (QED) is 0.712. The monoisotopic (exact) mass is 250 g/mol. The summed E-state index contributed by atoms with van der Waals surface area (Å²) in [5, 5.41) is 8.77. The van der Waals surface area contributed by atoms with Gasteiger partial charge in [0, 0.05) is 19.6 Å². The van der Waals surface area contributed by atoms with E-state index < -0.39 is 22.1 Å². The van der Waals surface area contributed by atoms with Crippen molar-refractivity contribution >= 4 is 16.2 Å². The van der Waals surface area contributed by atoms with Gasteiger partial charge in [-0.05, 0) is 12.3 Å². The van der Waals surface area contributed by atoms with Crippen molar-refractivity contribution in [1.29, 1.82) is 0 Å². The Balaban J connectivity index is 2.55. The lowest BCUT2D eigenvalue weighted by Gasteiger charge is -2.17. The maximum atomic E-state index is 11.7. The summed E-state index contributed by atoms with van der Waals surface area (Å²) >= 11 is 0. The zero-order valence-electron chi connectivity index (χ0n) is 9.51. The van der Waals surface area contributed by atoms with Crippen LogP contribution in [0.25, 0.3) is 0 Å². The molecule has 94 valence electrons. The van der Waals surface area contributed by atoms with Crippen LogP contribution in [0.5, 0.6) is 0 Å². The number of hydrogen-bond acceptors (Lipinski definition) is 3. The van der Waals surface area contributed by atoms with Crippen molar-refractivity contribution in [3.63, 3.8) is 0 Å². The van der Waals surface area contributed by atoms with Crippen molar-refractivity contribution < 1.29 is 18.3 Å². The van der Waals surface area contributed by atoms with Gasteiger partial charge in [0.2, 0.25) is 0 Å². The van der Waals surface area contributed by atoms with Gasteiger partial charge in [-0.3, -0.25) is 4.79 Å². The molecule has 0 aromatic carbocycles. The van der Waals surface area contributed by atoms with Crippen molar-refractivity contribution in [2.24, 2.45) is 11.8 Å². The van der Waals surface area contributed by atoms with Crippen molar-refractivity contribution in [3.05, 3.63) is 0 Å². The Morgan fingerprint density at radius 3 is 2.62 bits per heavy atom. The van der Waals surface area contributed by atoms with Gasteiger partial charge in [-0.15, -0.1) is 0 Å². The molecule has 1 heterocycles. The molecule has 1 rings (SSSR count). The average molecular weight is 250 g/mol. The summed E-state index contributed by atoms with van der Waals surface area (Å²) in [6, 6.07) is 0. The largest absolute Gasteiger partial charge is 0.481 e. The summed E-state index contributed by atoms with van der Waals surface area (Å²) < 4.78 is 27.1. The Morgan fingerprint density at radius 1 is 1.56 bits per heavy atom. The van der Waals surface area contributed by atoms with E-state index in [4.69, 9.17) is 5.11 Å². The van der Waals surface area contributed by atoms with Gasteiger partial charge in [0.1, 0.15) is 0 Å². The number of nitrogens with zero attached hydrogens (tertiary/aromatic N) is 1. The van der Waals surface area contributed by atoms with Gasteiger partial charge in [0.25, 0.3) is 10.2 Å². The van der Waals surface area contributed by atoms with Gasteiger partial charge in [0.05, 0.1) is 5.92 Å². The van der Waals surface area contributed by atoms with Crippen molar-refractivity contribution in [2.75, 3.05) is 19.6 Å². The van der Waals surface area contributed by atoms with Crippen LogP contribution in [-0.4, -0.2) is 43.4 Å². The summed E-state index contributed by atoms with van der Waals surface area (Å²) in [7, 11) is -3.50. The Kier molecular flexibility index (Phi) is 4.28. The van der Waals surface area contributed by atoms with Crippen LogP contribution >= 0.6 is 0 Å². The summed E-state index contributed by atoms with van der Waals surface area (Å²) in [6.45, 7) is 4.54. The molecule has 0 saturated carbocycles. The smallest absolute Gasteiger partial charge is 0.307 e. The van der Waals surface area contributed by atoms with Gasteiger partial charge >= 0.3 is 5.97 Å². The maximum Gasteiger partial charge on any atom is 0.307 e. The predicted molar refractivity (Wildman–Crippen MR) is 59.1 cm³/mol. The first-order valence-electron chi connectivity index (χ1n) is 5.30. The second-order valence-electron chi connectivity index (χ2n) is 4.43. The molecule has 1 aliphatic heterocycles. The summed E-state index contributed by atoms with van der Waals surface area (Å²) in [4.78, 5) is 10.7. The highest BCUT2D eigenvalue weighted by Gasteiger charge is 2.34. The Hall–Kier alpha value is -0.660. The Bertz CT molecular complexity index is 353. The molecule has 1 saturated heterocycles. The van der Waals surface area contributed by atoms with Crippen molar-refractivity contribution in [1.82, 2.24) is 9.03 Å². The highest BCUT2D eigenvalue weighted by atomic mass is 32.2. The van der Waals surface area contributed by atoms with Crippen LogP contribution in [-0.2, 0) is 15.0 Å². The number of aliphatic carboxylic acids is 1. The first-order chi connectivity index (χ1) is 7.33. The predicted octanol–water partition coefficient (Wildman–Crippen LogP) is -0.117. The third-order valence-corrected chi connectivity index (χ3v) is 4.06. The fourth-order valence-corrected chi connectivity index (χ4v) is 2.96. The number of carboxylic acids is 1. The van der Waals surface area contributed by atoms with E-state index in [0.29, 0.717) is 13.0 Å². The van der Waals surface area contributed by atoms with Gasteiger partial charge in [0.15, 0.2) is 0 Å². The standard InChI is InChI=1S/C9H18N2O4S/c1-7(2)5-10-16(14,15)11-4-3-8(6-11)9(12)13/h7-8,10H,3-6H2,1-2H3,(H,12,13). The molecular formula is C9H18N2O4S. The lowest BCUT2D eigenvalue weighted by molar-refractivity contribution is -0.141. The topological polar surface area (TPSA) is 86.7 Å². The SMILES string of the molecule is CC(C)CNS(=O)(=O)N1CCC(C(=O)O)C1. The van der Waals surface area contributed by atoms with Crippen LogP contribution < -0.4 is 4.72 Å². The normalized spacial score (nSPS) is 22.8. The molecule has 1 atom stereocenters. The van der Waals surface area contributed by atoms with E-state index in [0.717, 1.165) is 0 Å². The first-order valence-corrected chi connectivity index (χ1v) is 6.74. The van der Waals surface area contributed by atoms with Gasteiger partial charge in [-0.1, -0.05) is 13.8 Å². The number of carbonyl (C=O) groups is 1. The van der Waals surface area contributed by atoms with E-state index in [-0.39, 0.29) is 19.0 Å². The van der Waals surface area contributed by atoms with E-state index in [1.165, 1.54) is 4.31 Å². The summed E-state index contributed by atoms with van der Waals surface area (Å²) in [6.07, 6.45) is 0.387. The maximum absolute atomic E-state index is 11.7. The van der Waals surface area contributed by atoms with Gasteiger partial charge in [-0.25, -0.2) is 4.72 Å². The molecule has 16 heavy (non-hydrogen) atoms. The number of nitrogens with one attached hydrogen (secondary N) is 1. The molecule has 7 heteroatoms. The third-order valence-electron chi connectivity index (χ3n) is 2.51. The van der Waals surface area contributed by atoms with Crippen LogP contribution in [0.3, 0.4) is 0 Å². The lowest BCUT2D eigenvalue weighted by Crippen LogP contribution is -2.41. The molecular weight excluding hydrogens is 232 g/mol. The minimum atomic E-state index is -3.50.